The first-order valence-corrected chi connectivity index (χ1v) is 2.42. The summed E-state index contributed by atoms with van der Waals surface area (Å²) in [5.41, 5.74) is -0.00926. The summed E-state index contributed by atoms with van der Waals surface area (Å²) < 4.78 is 4.43. The van der Waals surface area contributed by atoms with Gasteiger partial charge in [0.05, 0.1) is 17.3 Å². The van der Waals surface area contributed by atoms with Crippen molar-refractivity contribution in [2.75, 3.05) is 7.11 Å². The third kappa shape index (κ3) is 2.27. The van der Waals surface area contributed by atoms with Gasteiger partial charge in [-0.1, -0.05) is 0 Å². The summed E-state index contributed by atoms with van der Waals surface area (Å²) in [6.45, 7) is 0. The fraction of sp³-hybridized carbons (Fsp3) is 0.200. The molecule has 0 amide bonds. The second kappa shape index (κ2) is 4.51. The molecule has 1 N–H and O–H groups in total. The number of hydrogen-bond donors (Lipinski definition) is 1. The van der Waals surface area contributed by atoms with E-state index in [1.54, 1.807) is 0 Å². The number of nitrogens with zero attached hydrogens (tertiary/aromatic N) is 1. The Balaban J connectivity index is 0.000000371. The van der Waals surface area contributed by atoms with Crippen LogP contribution in [0.2, 0.25) is 0 Å². The van der Waals surface area contributed by atoms with E-state index in [0.717, 1.165) is 13.4 Å². The van der Waals surface area contributed by atoms with Gasteiger partial charge in [0.15, 0.2) is 6.26 Å². The Bertz CT molecular complexity index is 182. The van der Waals surface area contributed by atoms with Gasteiger partial charge in [0.25, 0.3) is 0 Å². The van der Waals surface area contributed by atoms with Gasteiger partial charge < -0.3 is 9.52 Å². The standard InChI is InChI=1S/C4H3NO3.CH4O/c6-5(7)4-1-2-8-3-4;1-2/h1-3H;2H,1H3. The molecule has 10 heavy (non-hydrogen) atoms. The highest BCUT2D eigenvalue weighted by Crippen LogP contribution is 2.08. The second-order valence-electron chi connectivity index (χ2n) is 1.24. The molecule has 5 nitrogen and oxygen atoms in total. The van der Waals surface area contributed by atoms with Gasteiger partial charge in [0, 0.05) is 7.11 Å². The Morgan fingerprint density at radius 1 is 1.70 bits per heavy atom. The molecule has 0 spiro atoms. The molecule has 0 aliphatic rings. The molecule has 0 radical (unpaired) electrons. The molecule has 0 aliphatic carbocycles. The van der Waals surface area contributed by atoms with Crippen LogP contribution in [0, 0.1) is 10.1 Å². The van der Waals surface area contributed by atoms with E-state index in [1.807, 2.05) is 0 Å². The van der Waals surface area contributed by atoms with Gasteiger partial charge >= 0.3 is 5.69 Å². The SMILES string of the molecule is CO.O=[N+]([O-])c1ccoc1. The van der Waals surface area contributed by atoms with E-state index in [2.05, 4.69) is 4.42 Å². The lowest BCUT2D eigenvalue weighted by Crippen LogP contribution is -1.81. The van der Waals surface area contributed by atoms with Crippen LogP contribution in [0.4, 0.5) is 5.69 Å². The first-order valence-electron chi connectivity index (χ1n) is 2.42. The van der Waals surface area contributed by atoms with Gasteiger partial charge in [-0.3, -0.25) is 10.1 Å². The number of aliphatic hydroxyl groups excluding tert-OH is 1. The zero-order chi connectivity index (χ0) is 7.98. The molecule has 0 saturated carbocycles. The van der Waals surface area contributed by atoms with Gasteiger partial charge in [-0.05, 0) is 0 Å². The van der Waals surface area contributed by atoms with Crippen molar-refractivity contribution in [3.8, 4) is 0 Å². The van der Waals surface area contributed by atoms with Crippen LogP contribution in [-0.4, -0.2) is 17.1 Å². The molecule has 1 aromatic heterocycles. The molecule has 0 fully saturated rings. The van der Waals surface area contributed by atoms with Crippen molar-refractivity contribution < 1.29 is 14.4 Å². The van der Waals surface area contributed by atoms with Crippen molar-refractivity contribution in [2.24, 2.45) is 0 Å². The highest BCUT2D eigenvalue weighted by molar-refractivity contribution is 5.21. The Labute approximate surface area is 57.0 Å². The van der Waals surface area contributed by atoms with Crippen LogP contribution in [-0.2, 0) is 0 Å². The van der Waals surface area contributed by atoms with E-state index in [1.165, 1.54) is 12.3 Å². The van der Waals surface area contributed by atoms with Crippen molar-refractivity contribution in [3.63, 3.8) is 0 Å². The summed E-state index contributed by atoms with van der Waals surface area (Å²) in [6.07, 6.45) is 2.35. The van der Waals surface area contributed by atoms with Crippen molar-refractivity contribution in [2.45, 2.75) is 0 Å². The smallest absolute Gasteiger partial charge is 0.307 e. The Kier molecular flexibility index (Phi) is 3.90. The summed E-state index contributed by atoms with van der Waals surface area (Å²) >= 11 is 0. The Morgan fingerprint density at radius 2 is 2.30 bits per heavy atom. The predicted octanol–water partition coefficient (Wildman–Crippen LogP) is 0.796. The van der Waals surface area contributed by atoms with Crippen LogP contribution in [0.1, 0.15) is 0 Å². The van der Waals surface area contributed by atoms with Crippen LogP contribution in [0.25, 0.3) is 0 Å². The van der Waals surface area contributed by atoms with E-state index in [0.29, 0.717) is 0 Å². The Hall–Kier alpha value is -1.36. The molecule has 1 rings (SSSR count). The second-order valence-corrected chi connectivity index (χ2v) is 1.24. The summed E-state index contributed by atoms with van der Waals surface area (Å²) in [5.74, 6) is 0. The minimum Gasteiger partial charge on any atom is -0.465 e. The molecular weight excluding hydrogens is 138 g/mol. The summed E-state index contributed by atoms with van der Waals surface area (Å²) in [5, 5.41) is 16.8. The predicted molar refractivity (Wildman–Crippen MR) is 33.5 cm³/mol. The van der Waals surface area contributed by atoms with Crippen LogP contribution < -0.4 is 0 Å². The highest BCUT2D eigenvalue weighted by atomic mass is 16.6. The van der Waals surface area contributed by atoms with E-state index in [-0.39, 0.29) is 5.69 Å². The van der Waals surface area contributed by atoms with Crippen molar-refractivity contribution in [3.05, 3.63) is 28.7 Å². The molecule has 1 heterocycles. The first kappa shape index (κ1) is 8.64. The molecule has 0 bridgehead atoms. The summed E-state index contributed by atoms with van der Waals surface area (Å²) in [6, 6.07) is 1.29. The molecular formula is C5H7NO4. The van der Waals surface area contributed by atoms with E-state index in [9.17, 15) is 10.1 Å². The van der Waals surface area contributed by atoms with Crippen molar-refractivity contribution >= 4 is 5.69 Å². The molecule has 0 aromatic carbocycles. The maximum atomic E-state index is 9.81. The molecule has 0 atom stereocenters. The van der Waals surface area contributed by atoms with Gasteiger partial charge in [-0.2, -0.15) is 0 Å². The fourth-order valence-electron chi connectivity index (χ4n) is 0.361. The normalized spacial score (nSPS) is 7.80. The van der Waals surface area contributed by atoms with Gasteiger partial charge in [0.2, 0.25) is 0 Å². The van der Waals surface area contributed by atoms with Crippen LogP contribution in [0.5, 0.6) is 0 Å². The Morgan fingerprint density at radius 3 is 2.50 bits per heavy atom. The summed E-state index contributed by atoms with van der Waals surface area (Å²) in [4.78, 5) is 9.30. The lowest BCUT2D eigenvalue weighted by molar-refractivity contribution is -0.385. The van der Waals surface area contributed by atoms with Crippen LogP contribution >= 0.6 is 0 Å². The topological polar surface area (TPSA) is 76.5 Å². The number of hydrogen-bond acceptors (Lipinski definition) is 4. The van der Waals surface area contributed by atoms with Crippen LogP contribution in [0.15, 0.2) is 23.0 Å². The minimum atomic E-state index is -0.510. The van der Waals surface area contributed by atoms with E-state index >= 15 is 0 Å². The zero-order valence-electron chi connectivity index (χ0n) is 5.35. The number of rotatable bonds is 1. The molecule has 0 unspecified atom stereocenters. The highest BCUT2D eigenvalue weighted by Gasteiger charge is 2.02. The molecule has 0 saturated heterocycles. The lowest BCUT2D eigenvalue weighted by Gasteiger charge is -1.76. The maximum Gasteiger partial charge on any atom is 0.307 e. The van der Waals surface area contributed by atoms with Crippen molar-refractivity contribution in [1.82, 2.24) is 0 Å². The molecule has 5 heteroatoms. The maximum absolute atomic E-state index is 9.81. The molecule has 1 aromatic rings. The van der Waals surface area contributed by atoms with Gasteiger partial charge in [-0.25, -0.2) is 0 Å². The average molecular weight is 145 g/mol. The zero-order valence-corrected chi connectivity index (χ0v) is 5.35. The van der Waals surface area contributed by atoms with Crippen molar-refractivity contribution in [1.29, 1.82) is 0 Å². The van der Waals surface area contributed by atoms with E-state index in [4.69, 9.17) is 5.11 Å². The number of aliphatic hydroxyl groups is 1. The monoisotopic (exact) mass is 145 g/mol. The average Bonchev–Trinajstić information content (AvgIpc) is 2.42. The first-order chi connectivity index (χ1) is 4.80. The number of nitro groups is 1. The summed E-state index contributed by atoms with van der Waals surface area (Å²) in [7, 11) is 1.00. The third-order valence-corrected chi connectivity index (χ3v) is 0.717. The van der Waals surface area contributed by atoms with Gasteiger partial charge in [-0.15, -0.1) is 0 Å². The molecule has 0 aliphatic heterocycles. The van der Waals surface area contributed by atoms with Crippen LogP contribution in [0.3, 0.4) is 0 Å². The largest absolute Gasteiger partial charge is 0.465 e. The molecule has 56 valence electrons. The fourth-order valence-corrected chi connectivity index (χ4v) is 0.361. The quantitative estimate of drug-likeness (QED) is 0.468. The number of furan rings is 1. The van der Waals surface area contributed by atoms with E-state index < -0.39 is 4.92 Å². The lowest BCUT2D eigenvalue weighted by atomic mass is 10.6. The third-order valence-electron chi connectivity index (χ3n) is 0.717. The van der Waals surface area contributed by atoms with Gasteiger partial charge in [0.1, 0.15) is 0 Å². The minimum absolute atomic E-state index is 0.00926.